The predicted molar refractivity (Wildman–Crippen MR) is 89.0 cm³/mol. The summed E-state index contributed by atoms with van der Waals surface area (Å²) in [5.74, 6) is -1.51. The molecule has 0 fully saturated rings. The highest BCUT2D eigenvalue weighted by Crippen LogP contribution is 2.27. The van der Waals surface area contributed by atoms with E-state index < -0.39 is 21.8 Å². The predicted octanol–water partition coefficient (Wildman–Crippen LogP) is 3.19. The highest BCUT2D eigenvalue weighted by atomic mass is 32.2. The van der Waals surface area contributed by atoms with Gasteiger partial charge in [-0.15, -0.1) is 0 Å². The van der Waals surface area contributed by atoms with Crippen LogP contribution in [0.25, 0.3) is 0 Å². The monoisotopic (exact) mass is 351 g/mol. The Balaban J connectivity index is 2.42. The van der Waals surface area contributed by atoms with Crippen molar-refractivity contribution in [2.45, 2.75) is 24.7 Å². The van der Waals surface area contributed by atoms with Crippen LogP contribution in [0.1, 0.15) is 18.4 Å². The van der Waals surface area contributed by atoms with E-state index in [4.69, 9.17) is 5.11 Å². The number of aryl methyl sites for hydroxylation is 1. The Morgan fingerprint density at radius 2 is 1.75 bits per heavy atom. The molecule has 24 heavy (non-hydrogen) atoms. The fourth-order valence-electron chi connectivity index (χ4n) is 2.32. The van der Waals surface area contributed by atoms with Crippen LogP contribution in [0, 0.1) is 12.7 Å². The number of hydrogen-bond acceptors (Lipinski definition) is 3. The topological polar surface area (TPSA) is 74.7 Å². The van der Waals surface area contributed by atoms with E-state index in [-0.39, 0.29) is 24.3 Å². The Morgan fingerprint density at radius 1 is 1.12 bits per heavy atom. The lowest BCUT2D eigenvalue weighted by molar-refractivity contribution is -0.137. The van der Waals surface area contributed by atoms with Gasteiger partial charge in [0.25, 0.3) is 10.0 Å². The van der Waals surface area contributed by atoms with Gasteiger partial charge in [0, 0.05) is 13.0 Å². The number of nitrogens with zero attached hydrogens (tertiary/aromatic N) is 1. The average molecular weight is 351 g/mol. The number of para-hydroxylation sites is 1. The molecule has 0 radical (unpaired) electrons. The molecular weight excluding hydrogens is 333 g/mol. The molecule has 0 amide bonds. The van der Waals surface area contributed by atoms with Crippen LogP contribution in [-0.2, 0) is 14.8 Å². The minimum atomic E-state index is -3.92. The van der Waals surface area contributed by atoms with Crippen molar-refractivity contribution in [2.75, 3.05) is 10.8 Å². The molecule has 0 aliphatic heterocycles. The first-order chi connectivity index (χ1) is 11.3. The van der Waals surface area contributed by atoms with E-state index in [1.807, 2.05) is 0 Å². The highest BCUT2D eigenvalue weighted by Gasteiger charge is 2.25. The van der Waals surface area contributed by atoms with Crippen LogP contribution >= 0.6 is 0 Å². The lowest BCUT2D eigenvalue weighted by atomic mass is 10.2. The van der Waals surface area contributed by atoms with Crippen molar-refractivity contribution in [3.05, 3.63) is 59.9 Å². The van der Waals surface area contributed by atoms with E-state index in [2.05, 4.69) is 0 Å². The quantitative estimate of drug-likeness (QED) is 0.831. The number of halogens is 1. The second-order valence-corrected chi connectivity index (χ2v) is 7.18. The molecule has 2 aromatic carbocycles. The zero-order chi connectivity index (χ0) is 17.7. The molecule has 0 bridgehead atoms. The van der Waals surface area contributed by atoms with Crippen molar-refractivity contribution >= 4 is 21.7 Å². The van der Waals surface area contributed by atoms with Crippen molar-refractivity contribution in [3.8, 4) is 0 Å². The molecule has 0 heterocycles. The maximum atomic E-state index is 13.1. The van der Waals surface area contributed by atoms with Gasteiger partial charge in [0.1, 0.15) is 5.82 Å². The minimum Gasteiger partial charge on any atom is -0.481 e. The van der Waals surface area contributed by atoms with Crippen LogP contribution in [0.2, 0.25) is 0 Å². The Kier molecular flexibility index (Phi) is 5.56. The Hall–Kier alpha value is -2.41. The van der Waals surface area contributed by atoms with Crippen LogP contribution in [0.3, 0.4) is 0 Å². The van der Waals surface area contributed by atoms with Crippen LogP contribution in [0.5, 0.6) is 0 Å². The van der Waals surface area contributed by atoms with E-state index >= 15 is 0 Å². The van der Waals surface area contributed by atoms with Crippen LogP contribution in [0.15, 0.2) is 53.4 Å². The number of carboxylic acid groups (broad SMARTS) is 1. The maximum Gasteiger partial charge on any atom is 0.303 e. The molecule has 0 saturated carbocycles. The molecule has 1 N–H and O–H groups in total. The van der Waals surface area contributed by atoms with E-state index in [1.165, 1.54) is 16.4 Å². The van der Waals surface area contributed by atoms with Gasteiger partial charge in [0.15, 0.2) is 0 Å². The average Bonchev–Trinajstić information content (AvgIpc) is 2.52. The first-order valence-electron chi connectivity index (χ1n) is 7.38. The lowest BCUT2D eigenvalue weighted by Crippen LogP contribution is -2.33. The molecule has 2 rings (SSSR count). The number of benzene rings is 2. The second kappa shape index (κ2) is 7.44. The molecule has 0 saturated heterocycles. The number of sulfonamides is 1. The van der Waals surface area contributed by atoms with Gasteiger partial charge in [-0.3, -0.25) is 9.10 Å². The molecule has 0 aromatic heterocycles. The number of anilines is 1. The van der Waals surface area contributed by atoms with Gasteiger partial charge < -0.3 is 5.11 Å². The van der Waals surface area contributed by atoms with E-state index in [9.17, 15) is 17.6 Å². The van der Waals surface area contributed by atoms with Gasteiger partial charge >= 0.3 is 5.97 Å². The summed E-state index contributed by atoms with van der Waals surface area (Å²) in [6.45, 7) is 1.80. The summed E-state index contributed by atoms with van der Waals surface area (Å²) >= 11 is 0. The van der Waals surface area contributed by atoms with Gasteiger partial charge in [-0.2, -0.15) is 0 Å². The smallest absolute Gasteiger partial charge is 0.303 e. The van der Waals surface area contributed by atoms with Crippen molar-refractivity contribution in [2.24, 2.45) is 0 Å². The maximum absolute atomic E-state index is 13.1. The van der Waals surface area contributed by atoms with Crippen molar-refractivity contribution in [1.82, 2.24) is 0 Å². The minimum absolute atomic E-state index is 0.0247. The standard InChI is InChI=1S/C17H18FNO4S/c1-13-5-2-3-6-16(13)19(12-4-7-17(20)21)24(22,23)15-10-8-14(18)9-11-15/h2-3,5-6,8-11H,4,7,12H2,1H3,(H,20,21). The summed E-state index contributed by atoms with van der Waals surface area (Å²) in [5.41, 5.74) is 1.23. The lowest BCUT2D eigenvalue weighted by Gasteiger charge is -2.26. The summed E-state index contributed by atoms with van der Waals surface area (Å²) in [5, 5.41) is 8.79. The van der Waals surface area contributed by atoms with Crippen molar-refractivity contribution in [3.63, 3.8) is 0 Å². The molecule has 0 unspecified atom stereocenters. The third-order valence-electron chi connectivity index (χ3n) is 3.54. The molecule has 2 aromatic rings. The summed E-state index contributed by atoms with van der Waals surface area (Å²) < 4.78 is 40.1. The molecule has 0 atom stereocenters. The van der Waals surface area contributed by atoms with Crippen LogP contribution in [0.4, 0.5) is 10.1 Å². The van der Waals surface area contributed by atoms with Gasteiger partial charge in [-0.05, 0) is 49.2 Å². The van der Waals surface area contributed by atoms with Gasteiger partial charge in [0.2, 0.25) is 0 Å². The van der Waals surface area contributed by atoms with E-state index in [0.717, 1.165) is 17.7 Å². The summed E-state index contributed by atoms with van der Waals surface area (Å²) in [6, 6.07) is 11.5. The largest absolute Gasteiger partial charge is 0.481 e. The highest BCUT2D eigenvalue weighted by molar-refractivity contribution is 7.92. The fourth-order valence-corrected chi connectivity index (χ4v) is 3.89. The number of carbonyl (C=O) groups is 1. The second-order valence-electron chi connectivity index (χ2n) is 5.31. The molecule has 0 aliphatic carbocycles. The normalized spacial score (nSPS) is 11.2. The third-order valence-corrected chi connectivity index (χ3v) is 5.37. The molecule has 0 spiro atoms. The number of hydrogen-bond donors (Lipinski definition) is 1. The van der Waals surface area contributed by atoms with Gasteiger partial charge in [-0.1, -0.05) is 18.2 Å². The number of carboxylic acids is 1. The number of rotatable bonds is 7. The molecule has 7 heteroatoms. The Bertz CT molecular complexity index is 819. The zero-order valence-corrected chi connectivity index (χ0v) is 14.0. The number of aliphatic carboxylic acids is 1. The van der Waals surface area contributed by atoms with E-state index in [1.54, 1.807) is 31.2 Å². The van der Waals surface area contributed by atoms with Gasteiger partial charge in [-0.25, -0.2) is 12.8 Å². The van der Waals surface area contributed by atoms with E-state index in [0.29, 0.717) is 5.69 Å². The van der Waals surface area contributed by atoms with Crippen molar-refractivity contribution < 1.29 is 22.7 Å². The Labute approximate surface area is 140 Å². The SMILES string of the molecule is Cc1ccccc1N(CCCC(=O)O)S(=O)(=O)c1ccc(F)cc1. The summed E-state index contributed by atoms with van der Waals surface area (Å²) in [4.78, 5) is 10.7. The van der Waals surface area contributed by atoms with Crippen LogP contribution < -0.4 is 4.31 Å². The summed E-state index contributed by atoms with van der Waals surface area (Å²) in [7, 11) is -3.92. The van der Waals surface area contributed by atoms with Gasteiger partial charge in [0.05, 0.1) is 10.6 Å². The van der Waals surface area contributed by atoms with Crippen LogP contribution in [-0.4, -0.2) is 26.0 Å². The molecule has 128 valence electrons. The Morgan fingerprint density at radius 3 is 2.33 bits per heavy atom. The molecule has 5 nitrogen and oxygen atoms in total. The first kappa shape index (κ1) is 17.9. The van der Waals surface area contributed by atoms with Crippen molar-refractivity contribution in [1.29, 1.82) is 0 Å². The molecule has 0 aliphatic rings. The summed E-state index contributed by atoms with van der Waals surface area (Å²) in [6.07, 6.45) is 0.0331. The third kappa shape index (κ3) is 4.11. The zero-order valence-electron chi connectivity index (χ0n) is 13.1. The first-order valence-corrected chi connectivity index (χ1v) is 8.82. The fraction of sp³-hybridized carbons (Fsp3) is 0.235. The molecular formula is C17H18FNO4S.